The fourth-order valence-electron chi connectivity index (χ4n) is 4.78. The van der Waals surface area contributed by atoms with E-state index in [0.717, 1.165) is 46.4 Å². The van der Waals surface area contributed by atoms with Crippen LogP contribution in [0.15, 0.2) is 69.5 Å². The van der Waals surface area contributed by atoms with E-state index in [1.165, 1.54) is 0 Å². The SMILES string of the molecule is Cc1ccccc1C1C(C#N)=C(N)N(c2nnc(SCC(=O)Nc3ccc(F)cc3F)s2)C2=C1C(=O)CCC2. The minimum absolute atomic E-state index is 0.0291. The maximum absolute atomic E-state index is 13.8. The molecule has 0 saturated carbocycles. The molecule has 0 spiro atoms. The molecule has 12 heteroatoms. The second-order valence-electron chi connectivity index (χ2n) is 8.98. The van der Waals surface area contributed by atoms with Crippen molar-refractivity contribution in [2.45, 2.75) is 36.4 Å². The zero-order valence-corrected chi connectivity index (χ0v) is 22.3. The summed E-state index contributed by atoms with van der Waals surface area (Å²) in [4.78, 5) is 27.2. The number of nitrogens with two attached hydrogens (primary N) is 1. The molecule has 1 atom stereocenters. The average Bonchev–Trinajstić information content (AvgIpc) is 3.37. The highest BCUT2D eigenvalue weighted by molar-refractivity contribution is 8.01. The van der Waals surface area contributed by atoms with Gasteiger partial charge in [-0.1, -0.05) is 47.4 Å². The Kier molecular flexibility index (Phi) is 7.45. The number of hydrogen-bond acceptors (Lipinski definition) is 9. The van der Waals surface area contributed by atoms with Crippen LogP contribution in [0.2, 0.25) is 0 Å². The summed E-state index contributed by atoms with van der Waals surface area (Å²) in [5.74, 6) is -2.61. The third kappa shape index (κ3) is 5.15. The van der Waals surface area contributed by atoms with Crippen LogP contribution in [0, 0.1) is 29.9 Å². The van der Waals surface area contributed by atoms with Crippen molar-refractivity contribution >= 4 is 45.6 Å². The number of nitrogens with one attached hydrogen (secondary N) is 1. The summed E-state index contributed by atoms with van der Waals surface area (Å²) in [6.45, 7) is 1.94. The Hall–Kier alpha value is -4.08. The van der Waals surface area contributed by atoms with Crippen LogP contribution in [0.3, 0.4) is 0 Å². The third-order valence-corrected chi connectivity index (χ3v) is 8.57. The predicted molar refractivity (Wildman–Crippen MR) is 145 cm³/mol. The molecule has 1 amide bonds. The normalized spacial score (nSPS) is 17.2. The lowest BCUT2D eigenvalue weighted by molar-refractivity contribution is -0.116. The number of amides is 1. The van der Waals surface area contributed by atoms with Crippen LogP contribution in [0.25, 0.3) is 0 Å². The third-order valence-electron chi connectivity index (χ3n) is 6.53. The number of nitriles is 1. The molecule has 1 aliphatic heterocycles. The highest BCUT2D eigenvalue weighted by atomic mass is 32.2. The first-order chi connectivity index (χ1) is 18.8. The van der Waals surface area contributed by atoms with Crippen LogP contribution < -0.4 is 16.0 Å². The number of rotatable bonds is 6. The number of Topliss-reactive ketones (excluding diaryl/α,β-unsaturated/α-hetero) is 1. The monoisotopic (exact) mass is 564 g/mol. The van der Waals surface area contributed by atoms with E-state index in [4.69, 9.17) is 5.73 Å². The van der Waals surface area contributed by atoms with E-state index in [1.807, 2.05) is 31.2 Å². The number of thioether (sulfide) groups is 1. The van der Waals surface area contributed by atoms with E-state index < -0.39 is 23.5 Å². The molecule has 3 N–H and O–H groups in total. The molecule has 0 fully saturated rings. The van der Waals surface area contributed by atoms with Gasteiger partial charge in [-0.3, -0.25) is 14.5 Å². The van der Waals surface area contributed by atoms with Crippen molar-refractivity contribution in [2.75, 3.05) is 16.0 Å². The van der Waals surface area contributed by atoms with Crippen LogP contribution in [0.5, 0.6) is 0 Å². The maximum atomic E-state index is 13.8. The van der Waals surface area contributed by atoms with E-state index in [0.29, 0.717) is 46.1 Å². The van der Waals surface area contributed by atoms with E-state index in [-0.39, 0.29) is 28.6 Å². The van der Waals surface area contributed by atoms with Gasteiger partial charge in [0.05, 0.1) is 29.0 Å². The number of allylic oxidation sites excluding steroid dienone is 3. The number of aromatic nitrogens is 2. The first kappa shape index (κ1) is 26.5. The summed E-state index contributed by atoms with van der Waals surface area (Å²) in [6, 6.07) is 12.8. The fraction of sp³-hybridized carbons (Fsp3) is 0.222. The van der Waals surface area contributed by atoms with Gasteiger partial charge >= 0.3 is 0 Å². The molecule has 0 saturated heterocycles. The molecular formula is C27H22F2N6O2S2. The molecule has 39 heavy (non-hydrogen) atoms. The van der Waals surface area contributed by atoms with Gasteiger partial charge in [0.2, 0.25) is 11.0 Å². The molecule has 2 aromatic carbocycles. The largest absolute Gasteiger partial charge is 0.384 e. The van der Waals surface area contributed by atoms with E-state index in [1.54, 1.807) is 4.90 Å². The summed E-state index contributed by atoms with van der Waals surface area (Å²) in [7, 11) is 0. The Balaban J connectivity index is 1.42. The molecule has 5 rings (SSSR count). The number of ketones is 1. The molecule has 8 nitrogen and oxygen atoms in total. The van der Waals surface area contributed by atoms with E-state index in [9.17, 15) is 23.6 Å². The number of nitrogens with zero attached hydrogens (tertiary/aromatic N) is 4. The number of hydrogen-bond donors (Lipinski definition) is 2. The Labute approximate surface area is 231 Å². The van der Waals surface area contributed by atoms with E-state index in [2.05, 4.69) is 21.6 Å². The zero-order chi connectivity index (χ0) is 27.7. The summed E-state index contributed by atoms with van der Waals surface area (Å²) >= 11 is 2.24. The van der Waals surface area contributed by atoms with Gasteiger partial charge in [0.1, 0.15) is 17.5 Å². The lowest BCUT2D eigenvalue weighted by Crippen LogP contribution is -2.38. The second kappa shape index (κ2) is 11.0. The van der Waals surface area contributed by atoms with Crippen LogP contribution in [-0.2, 0) is 9.59 Å². The van der Waals surface area contributed by atoms with Gasteiger partial charge in [-0.15, -0.1) is 10.2 Å². The molecule has 2 heterocycles. The summed E-state index contributed by atoms with van der Waals surface area (Å²) in [5, 5.41) is 21.3. The number of halogens is 2. The van der Waals surface area contributed by atoms with Gasteiger partial charge in [0.15, 0.2) is 10.1 Å². The lowest BCUT2D eigenvalue weighted by Gasteiger charge is -2.38. The number of carbonyl (C=O) groups excluding carboxylic acids is 2. The Morgan fingerprint density at radius 1 is 1.26 bits per heavy atom. The van der Waals surface area contributed by atoms with Crippen LogP contribution in [0.4, 0.5) is 19.6 Å². The van der Waals surface area contributed by atoms with Crippen molar-refractivity contribution in [1.29, 1.82) is 5.26 Å². The van der Waals surface area contributed by atoms with Crippen molar-refractivity contribution in [3.8, 4) is 6.07 Å². The summed E-state index contributed by atoms with van der Waals surface area (Å²) in [6.07, 6.45) is 1.61. The standard InChI is InChI=1S/C27H22F2N6O2S2/c1-14-5-2-3-6-16(14)23-17(12-30)25(31)35(20-7-4-8-21(36)24(20)23)26-33-34-27(39-26)38-13-22(37)32-19-10-9-15(28)11-18(19)29/h2-3,5-6,9-11,23H,4,7-8,13,31H2,1H3,(H,32,37). The van der Waals surface area contributed by atoms with Crippen LogP contribution in [-0.4, -0.2) is 27.6 Å². The number of carbonyl (C=O) groups is 2. The van der Waals surface area contributed by atoms with Gasteiger partial charge in [-0.05, 0) is 43.0 Å². The van der Waals surface area contributed by atoms with Gasteiger partial charge in [0.25, 0.3) is 0 Å². The minimum atomic E-state index is -0.873. The highest BCUT2D eigenvalue weighted by Gasteiger charge is 2.41. The van der Waals surface area contributed by atoms with Crippen LogP contribution in [0.1, 0.15) is 36.3 Å². The number of anilines is 2. The van der Waals surface area contributed by atoms with Crippen molar-refractivity contribution < 1.29 is 18.4 Å². The maximum Gasteiger partial charge on any atom is 0.234 e. The van der Waals surface area contributed by atoms with Gasteiger partial charge in [-0.2, -0.15) is 5.26 Å². The van der Waals surface area contributed by atoms with Crippen molar-refractivity contribution in [3.63, 3.8) is 0 Å². The summed E-state index contributed by atoms with van der Waals surface area (Å²) in [5.41, 5.74) is 9.78. The lowest BCUT2D eigenvalue weighted by atomic mass is 9.75. The number of benzene rings is 2. The first-order valence-electron chi connectivity index (χ1n) is 12.0. The molecule has 2 aliphatic rings. The average molecular weight is 565 g/mol. The molecule has 3 aromatic rings. The topological polar surface area (TPSA) is 125 Å². The second-order valence-corrected chi connectivity index (χ2v) is 11.2. The van der Waals surface area contributed by atoms with Gasteiger partial charge < -0.3 is 11.1 Å². The quantitative estimate of drug-likeness (QED) is 0.394. The van der Waals surface area contributed by atoms with Crippen molar-refractivity contribution in [2.24, 2.45) is 5.73 Å². The summed E-state index contributed by atoms with van der Waals surface area (Å²) < 4.78 is 27.4. The molecule has 0 bridgehead atoms. The Morgan fingerprint density at radius 3 is 2.79 bits per heavy atom. The molecular weight excluding hydrogens is 542 g/mol. The molecule has 0 radical (unpaired) electrons. The predicted octanol–water partition coefficient (Wildman–Crippen LogP) is 5.16. The first-order valence-corrected chi connectivity index (χ1v) is 13.8. The fourth-order valence-corrected chi connectivity index (χ4v) is 6.46. The molecule has 1 aromatic heterocycles. The van der Waals surface area contributed by atoms with Gasteiger partial charge in [0, 0.05) is 23.8 Å². The van der Waals surface area contributed by atoms with Crippen molar-refractivity contribution in [1.82, 2.24) is 10.2 Å². The minimum Gasteiger partial charge on any atom is -0.384 e. The van der Waals surface area contributed by atoms with Gasteiger partial charge in [-0.25, -0.2) is 8.78 Å². The van der Waals surface area contributed by atoms with E-state index >= 15 is 0 Å². The molecule has 1 aliphatic carbocycles. The number of aryl methyl sites for hydroxylation is 1. The Morgan fingerprint density at radius 2 is 2.05 bits per heavy atom. The van der Waals surface area contributed by atoms with Crippen LogP contribution >= 0.6 is 23.1 Å². The zero-order valence-electron chi connectivity index (χ0n) is 20.7. The molecule has 1 unspecified atom stereocenters. The Bertz CT molecular complexity index is 1590. The highest BCUT2D eigenvalue weighted by Crippen LogP contribution is 2.47. The van der Waals surface area contributed by atoms with Crippen molar-refractivity contribution in [3.05, 3.63) is 87.9 Å². The molecule has 198 valence electrons. The smallest absolute Gasteiger partial charge is 0.234 e.